The summed E-state index contributed by atoms with van der Waals surface area (Å²) < 4.78 is 5.77. The van der Waals surface area contributed by atoms with Crippen LogP contribution in [-0.2, 0) is 0 Å². The molecule has 1 aromatic heterocycles. The third-order valence-corrected chi connectivity index (χ3v) is 4.55. The van der Waals surface area contributed by atoms with Gasteiger partial charge in [-0.2, -0.15) is 26.7 Å². The van der Waals surface area contributed by atoms with E-state index in [-0.39, 0.29) is 5.95 Å². The van der Waals surface area contributed by atoms with E-state index in [4.69, 9.17) is 10.5 Å². The first kappa shape index (κ1) is 15.2. The third kappa shape index (κ3) is 4.13. The minimum Gasteiger partial charge on any atom is -0.463 e. The quantitative estimate of drug-likeness (QED) is 0.910. The Balaban J connectivity index is 2.13. The summed E-state index contributed by atoms with van der Waals surface area (Å²) in [6, 6.07) is 0.325. The molecule has 0 spiro atoms. The molecule has 2 heterocycles. The van der Waals surface area contributed by atoms with Gasteiger partial charge in [-0.3, -0.25) is 0 Å². The number of nitrogen functional groups attached to an aromatic ring is 1. The van der Waals surface area contributed by atoms with Crippen LogP contribution in [0.5, 0.6) is 6.01 Å². The molecule has 1 aliphatic heterocycles. The Morgan fingerprint density at radius 2 is 2.10 bits per heavy atom. The van der Waals surface area contributed by atoms with Gasteiger partial charge in [0.25, 0.3) is 0 Å². The van der Waals surface area contributed by atoms with Gasteiger partial charge >= 0.3 is 6.01 Å². The number of hydrogen-bond acceptors (Lipinski definition) is 7. The van der Waals surface area contributed by atoms with Gasteiger partial charge in [-0.05, 0) is 12.8 Å². The van der Waals surface area contributed by atoms with Crippen molar-refractivity contribution in [3.63, 3.8) is 0 Å². The topological polar surface area (TPSA) is 77.2 Å². The van der Waals surface area contributed by atoms with Gasteiger partial charge in [0.15, 0.2) is 0 Å². The predicted molar refractivity (Wildman–Crippen MR) is 83.4 cm³/mol. The Kier molecular flexibility index (Phi) is 4.91. The summed E-state index contributed by atoms with van der Waals surface area (Å²) in [4.78, 5) is 14.8. The first-order chi connectivity index (χ1) is 9.50. The van der Waals surface area contributed by atoms with E-state index in [0.29, 0.717) is 23.3 Å². The molecule has 1 fully saturated rings. The Labute approximate surface area is 124 Å². The van der Waals surface area contributed by atoms with Crippen molar-refractivity contribution in [1.82, 2.24) is 15.0 Å². The van der Waals surface area contributed by atoms with Crippen molar-refractivity contribution in [2.45, 2.75) is 38.4 Å². The summed E-state index contributed by atoms with van der Waals surface area (Å²) in [6.07, 6.45) is 2.00. The van der Waals surface area contributed by atoms with Crippen molar-refractivity contribution in [3.05, 3.63) is 0 Å². The molecule has 0 radical (unpaired) electrons. The van der Waals surface area contributed by atoms with Crippen molar-refractivity contribution in [2.24, 2.45) is 0 Å². The van der Waals surface area contributed by atoms with Crippen molar-refractivity contribution in [3.8, 4) is 6.01 Å². The Morgan fingerprint density at radius 3 is 2.85 bits per heavy atom. The number of anilines is 2. The Hall–Kier alpha value is -1.24. The monoisotopic (exact) mass is 297 g/mol. The fourth-order valence-corrected chi connectivity index (χ4v) is 3.08. The fourth-order valence-electron chi connectivity index (χ4n) is 1.98. The minimum absolute atomic E-state index is 0.220. The van der Waals surface area contributed by atoms with Crippen LogP contribution < -0.4 is 15.4 Å². The van der Waals surface area contributed by atoms with E-state index in [2.05, 4.69) is 33.7 Å². The van der Waals surface area contributed by atoms with Gasteiger partial charge in [0.1, 0.15) is 0 Å². The first-order valence-corrected chi connectivity index (χ1v) is 8.02. The number of nitrogens with zero attached hydrogens (tertiary/aromatic N) is 4. The highest BCUT2D eigenvalue weighted by atomic mass is 32.2. The molecule has 0 aliphatic carbocycles. The molecule has 1 saturated heterocycles. The maximum atomic E-state index is 5.76. The van der Waals surface area contributed by atoms with Crippen LogP contribution in [0.15, 0.2) is 0 Å². The van der Waals surface area contributed by atoms with Crippen LogP contribution in [0, 0.1) is 0 Å². The Bertz CT molecular complexity index is 454. The average Bonchev–Trinajstić information content (AvgIpc) is 2.57. The van der Waals surface area contributed by atoms with E-state index >= 15 is 0 Å². The second-order valence-electron chi connectivity index (χ2n) is 5.47. The average molecular weight is 297 g/mol. The zero-order valence-electron chi connectivity index (χ0n) is 12.4. The van der Waals surface area contributed by atoms with Gasteiger partial charge in [0.05, 0.1) is 6.61 Å². The Morgan fingerprint density at radius 1 is 1.30 bits per heavy atom. The van der Waals surface area contributed by atoms with E-state index in [1.54, 1.807) is 0 Å². The summed E-state index contributed by atoms with van der Waals surface area (Å²) in [5.41, 5.74) is 5.76. The molecule has 20 heavy (non-hydrogen) atoms. The summed E-state index contributed by atoms with van der Waals surface area (Å²) in [6.45, 7) is 9.03. The molecule has 1 aliphatic rings. The van der Waals surface area contributed by atoms with Crippen molar-refractivity contribution < 1.29 is 4.74 Å². The summed E-state index contributed by atoms with van der Waals surface area (Å²) in [5, 5.41) is 0. The normalized spacial score (nSPS) is 18.6. The molecule has 1 aromatic rings. The van der Waals surface area contributed by atoms with E-state index in [1.165, 1.54) is 0 Å². The van der Waals surface area contributed by atoms with Crippen LogP contribution in [-0.4, -0.2) is 45.1 Å². The summed E-state index contributed by atoms with van der Waals surface area (Å²) in [7, 11) is 0. The molecule has 0 atom stereocenters. The predicted octanol–water partition coefficient (Wildman–Crippen LogP) is 1.96. The standard InChI is InChI=1S/C13H23N5OS/c1-4-8-19-12-16-10(14)15-11(17-12)18-6-5-13(2,3)20-9-7-18/h4-9H2,1-3H3,(H2,14,15,16,17). The molecule has 0 bridgehead atoms. The van der Waals surface area contributed by atoms with Gasteiger partial charge in [-0.25, -0.2) is 0 Å². The molecular formula is C13H23N5OS. The molecule has 7 heteroatoms. The van der Waals surface area contributed by atoms with Gasteiger partial charge < -0.3 is 15.4 Å². The smallest absolute Gasteiger partial charge is 0.323 e. The molecule has 0 amide bonds. The van der Waals surface area contributed by atoms with E-state index < -0.39 is 0 Å². The molecule has 2 rings (SSSR count). The molecule has 0 aromatic carbocycles. The van der Waals surface area contributed by atoms with E-state index in [1.807, 2.05) is 18.7 Å². The molecular weight excluding hydrogens is 274 g/mol. The lowest BCUT2D eigenvalue weighted by atomic mass is 10.1. The van der Waals surface area contributed by atoms with E-state index in [0.717, 1.165) is 31.7 Å². The second-order valence-corrected chi connectivity index (χ2v) is 7.27. The minimum atomic E-state index is 0.220. The third-order valence-electron chi connectivity index (χ3n) is 3.18. The van der Waals surface area contributed by atoms with Crippen LogP contribution in [0.3, 0.4) is 0 Å². The number of aromatic nitrogens is 3. The second kappa shape index (κ2) is 6.47. The van der Waals surface area contributed by atoms with Crippen LogP contribution in [0.4, 0.5) is 11.9 Å². The molecule has 0 saturated carbocycles. The maximum Gasteiger partial charge on any atom is 0.323 e. The summed E-state index contributed by atoms with van der Waals surface area (Å²) >= 11 is 1.99. The number of rotatable bonds is 4. The van der Waals surface area contributed by atoms with Gasteiger partial charge in [0.2, 0.25) is 11.9 Å². The molecule has 112 valence electrons. The van der Waals surface area contributed by atoms with Crippen LogP contribution >= 0.6 is 11.8 Å². The van der Waals surface area contributed by atoms with Crippen molar-refractivity contribution >= 4 is 23.7 Å². The van der Waals surface area contributed by atoms with Crippen LogP contribution in [0.1, 0.15) is 33.6 Å². The number of ether oxygens (including phenoxy) is 1. The van der Waals surface area contributed by atoms with Gasteiger partial charge in [0, 0.05) is 23.6 Å². The van der Waals surface area contributed by atoms with Crippen LogP contribution in [0.2, 0.25) is 0 Å². The number of thioether (sulfide) groups is 1. The first-order valence-electron chi connectivity index (χ1n) is 7.03. The highest BCUT2D eigenvalue weighted by Gasteiger charge is 2.25. The SMILES string of the molecule is CCCOc1nc(N)nc(N2CCSC(C)(C)CC2)n1. The zero-order chi connectivity index (χ0) is 14.6. The highest BCUT2D eigenvalue weighted by molar-refractivity contribution is 8.00. The lowest BCUT2D eigenvalue weighted by Crippen LogP contribution is -2.29. The van der Waals surface area contributed by atoms with E-state index in [9.17, 15) is 0 Å². The lowest BCUT2D eigenvalue weighted by molar-refractivity contribution is 0.292. The summed E-state index contributed by atoms with van der Waals surface area (Å²) in [5.74, 6) is 1.91. The molecule has 0 unspecified atom stereocenters. The molecule has 6 nitrogen and oxygen atoms in total. The lowest BCUT2D eigenvalue weighted by Gasteiger charge is -2.22. The number of nitrogens with two attached hydrogens (primary N) is 1. The van der Waals surface area contributed by atoms with Gasteiger partial charge in [-0.15, -0.1) is 0 Å². The number of hydrogen-bond donors (Lipinski definition) is 1. The zero-order valence-corrected chi connectivity index (χ0v) is 13.2. The highest BCUT2D eigenvalue weighted by Crippen LogP contribution is 2.31. The molecule has 2 N–H and O–H groups in total. The van der Waals surface area contributed by atoms with Crippen molar-refractivity contribution in [1.29, 1.82) is 0 Å². The van der Waals surface area contributed by atoms with Crippen LogP contribution in [0.25, 0.3) is 0 Å². The fraction of sp³-hybridized carbons (Fsp3) is 0.769. The maximum absolute atomic E-state index is 5.76. The largest absolute Gasteiger partial charge is 0.463 e. The van der Waals surface area contributed by atoms with Gasteiger partial charge in [-0.1, -0.05) is 20.8 Å². The van der Waals surface area contributed by atoms with Crippen molar-refractivity contribution in [2.75, 3.05) is 36.1 Å².